The van der Waals surface area contributed by atoms with E-state index in [1.165, 1.54) is 6.07 Å². The van der Waals surface area contributed by atoms with Crippen molar-refractivity contribution in [2.45, 2.75) is 0 Å². The molecule has 0 bridgehead atoms. The highest BCUT2D eigenvalue weighted by atomic mass is 19.1. The predicted octanol–water partition coefficient (Wildman–Crippen LogP) is 3.41. The number of methoxy groups -OCH3 is 1. The Labute approximate surface area is 111 Å². The molecule has 0 aromatic heterocycles. The highest BCUT2D eigenvalue weighted by Gasteiger charge is 2.13. The Hall–Kier alpha value is -2.36. The molecule has 0 saturated carbocycles. The molecular formula is C15H14FNO2. The second kappa shape index (κ2) is 5.52. The first-order valence-corrected chi connectivity index (χ1v) is 5.79. The molecule has 0 amide bonds. The number of carbonyl (C=O) groups excluding carboxylic acids is 1. The zero-order valence-corrected chi connectivity index (χ0v) is 10.8. The van der Waals surface area contributed by atoms with Crippen LogP contribution in [0.3, 0.4) is 0 Å². The summed E-state index contributed by atoms with van der Waals surface area (Å²) in [6, 6.07) is 11.7. The van der Waals surface area contributed by atoms with E-state index >= 15 is 0 Å². The average molecular weight is 259 g/mol. The van der Waals surface area contributed by atoms with Gasteiger partial charge in [0.25, 0.3) is 0 Å². The smallest absolute Gasteiger partial charge is 0.150 e. The van der Waals surface area contributed by atoms with Crippen LogP contribution in [0.1, 0.15) is 10.4 Å². The van der Waals surface area contributed by atoms with E-state index in [0.717, 1.165) is 5.69 Å². The normalized spacial score (nSPS) is 10.1. The van der Waals surface area contributed by atoms with Gasteiger partial charge in [-0.05, 0) is 30.3 Å². The number of ether oxygens (including phenoxy) is 1. The summed E-state index contributed by atoms with van der Waals surface area (Å²) in [5.74, 6) is 0.210. The van der Waals surface area contributed by atoms with Crippen LogP contribution in [0.5, 0.6) is 5.75 Å². The van der Waals surface area contributed by atoms with Gasteiger partial charge in [0.05, 0.1) is 18.5 Å². The second-order valence-electron chi connectivity index (χ2n) is 4.06. The number of aldehydes is 1. The van der Waals surface area contributed by atoms with E-state index < -0.39 is 5.82 Å². The van der Waals surface area contributed by atoms with Crippen molar-refractivity contribution in [3.8, 4) is 5.75 Å². The van der Waals surface area contributed by atoms with Crippen LogP contribution in [0.15, 0.2) is 42.5 Å². The summed E-state index contributed by atoms with van der Waals surface area (Å²) in [4.78, 5) is 12.3. The Morgan fingerprint density at radius 2 is 1.89 bits per heavy atom. The minimum absolute atomic E-state index is 0.315. The zero-order valence-electron chi connectivity index (χ0n) is 10.8. The summed E-state index contributed by atoms with van der Waals surface area (Å²) < 4.78 is 19.2. The molecule has 0 radical (unpaired) electrons. The Kier molecular flexibility index (Phi) is 3.80. The van der Waals surface area contributed by atoms with Crippen molar-refractivity contribution in [2.75, 3.05) is 19.1 Å². The Morgan fingerprint density at radius 3 is 2.53 bits per heavy atom. The molecule has 0 atom stereocenters. The van der Waals surface area contributed by atoms with E-state index in [-0.39, 0.29) is 0 Å². The standard InChI is InChI=1S/C15H14FNO2/c1-17(14-5-3-4-6-15(14)19-2)13-8-7-11(10-18)9-12(13)16/h3-10H,1-2H3. The van der Waals surface area contributed by atoms with Gasteiger partial charge in [-0.25, -0.2) is 4.39 Å². The first-order valence-electron chi connectivity index (χ1n) is 5.79. The molecule has 2 rings (SSSR count). The van der Waals surface area contributed by atoms with Gasteiger partial charge < -0.3 is 9.64 Å². The van der Waals surface area contributed by atoms with E-state index in [0.29, 0.717) is 23.3 Å². The highest BCUT2D eigenvalue weighted by Crippen LogP contribution is 2.33. The van der Waals surface area contributed by atoms with Crippen molar-refractivity contribution in [1.29, 1.82) is 0 Å². The molecular weight excluding hydrogens is 245 g/mol. The summed E-state index contributed by atoms with van der Waals surface area (Å²) in [6.45, 7) is 0. The van der Waals surface area contributed by atoms with Crippen molar-refractivity contribution >= 4 is 17.7 Å². The molecule has 0 N–H and O–H groups in total. The maximum Gasteiger partial charge on any atom is 0.150 e. The van der Waals surface area contributed by atoms with Crippen LogP contribution in [0.4, 0.5) is 15.8 Å². The number of halogens is 1. The van der Waals surface area contributed by atoms with Crippen LogP contribution >= 0.6 is 0 Å². The van der Waals surface area contributed by atoms with Gasteiger partial charge in [-0.1, -0.05) is 12.1 Å². The summed E-state index contributed by atoms with van der Waals surface area (Å²) >= 11 is 0. The molecule has 2 aromatic rings. The van der Waals surface area contributed by atoms with Gasteiger partial charge in [0.15, 0.2) is 0 Å². The van der Waals surface area contributed by atoms with E-state index in [9.17, 15) is 9.18 Å². The minimum atomic E-state index is -0.446. The average Bonchev–Trinajstić information content (AvgIpc) is 2.46. The van der Waals surface area contributed by atoms with E-state index in [1.54, 1.807) is 31.2 Å². The molecule has 4 heteroatoms. The maximum absolute atomic E-state index is 14.0. The predicted molar refractivity (Wildman–Crippen MR) is 72.8 cm³/mol. The molecule has 3 nitrogen and oxygen atoms in total. The molecule has 0 saturated heterocycles. The topological polar surface area (TPSA) is 29.5 Å². The van der Waals surface area contributed by atoms with Gasteiger partial charge in [0.2, 0.25) is 0 Å². The number of carbonyl (C=O) groups is 1. The number of rotatable bonds is 4. The molecule has 98 valence electrons. The number of nitrogens with zero attached hydrogens (tertiary/aromatic N) is 1. The Bertz CT molecular complexity index is 598. The van der Waals surface area contributed by atoms with Crippen LogP contribution in [0, 0.1) is 5.82 Å². The lowest BCUT2D eigenvalue weighted by Crippen LogP contribution is -2.12. The first kappa shape index (κ1) is 13.1. The van der Waals surface area contributed by atoms with E-state index in [4.69, 9.17) is 4.74 Å². The number of anilines is 2. The molecule has 0 aliphatic heterocycles. The number of para-hydroxylation sites is 2. The lowest BCUT2D eigenvalue weighted by Gasteiger charge is -2.22. The van der Waals surface area contributed by atoms with Crippen LogP contribution < -0.4 is 9.64 Å². The van der Waals surface area contributed by atoms with Crippen LogP contribution in [-0.2, 0) is 0 Å². The molecule has 0 spiro atoms. The third-order valence-electron chi connectivity index (χ3n) is 2.92. The summed E-state index contributed by atoms with van der Waals surface area (Å²) in [5, 5.41) is 0. The van der Waals surface area contributed by atoms with Crippen LogP contribution in [0.2, 0.25) is 0 Å². The van der Waals surface area contributed by atoms with E-state index in [1.807, 2.05) is 24.3 Å². The van der Waals surface area contributed by atoms with Crippen molar-refractivity contribution < 1.29 is 13.9 Å². The van der Waals surface area contributed by atoms with Crippen molar-refractivity contribution in [1.82, 2.24) is 0 Å². The number of benzene rings is 2. The lowest BCUT2D eigenvalue weighted by molar-refractivity contribution is 0.112. The zero-order chi connectivity index (χ0) is 13.8. The quantitative estimate of drug-likeness (QED) is 0.788. The fourth-order valence-electron chi connectivity index (χ4n) is 1.91. The molecule has 0 aliphatic carbocycles. The van der Waals surface area contributed by atoms with Gasteiger partial charge in [0, 0.05) is 12.6 Å². The van der Waals surface area contributed by atoms with Gasteiger partial charge in [-0.15, -0.1) is 0 Å². The fourth-order valence-corrected chi connectivity index (χ4v) is 1.91. The molecule has 2 aromatic carbocycles. The second-order valence-corrected chi connectivity index (χ2v) is 4.06. The lowest BCUT2D eigenvalue weighted by atomic mass is 10.2. The van der Waals surface area contributed by atoms with Crippen LogP contribution in [-0.4, -0.2) is 20.4 Å². The minimum Gasteiger partial charge on any atom is -0.495 e. The maximum atomic E-state index is 14.0. The Balaban J connectivity index is 2.43. The third-order valence-corrected chi connectivity index (χ3v) is 2.92. The molecule has 0 fully saturated rings. The van der Waals surface area contributed by atoms with Crippen LogP contribution in [0.25, 0.3) is 0 Å². The van der Waals surface area contributed by atoms with Gasteiger partial charge in [0.1, 0.15) is 17.9 Å². The van der Waals surface area contributed by atoms with E-state index in [2.05, 4.69) is 0 Å². The molecule has 0 heterocycles. The molecule has 19 heavy (non-hydrogen) atoms. The largest absolute Gasteiger partial charge is 0.495 e. The molecule has 0 aliphatic rings. The van der Waals surface area contributed by atoms with Gasteiger partial charge >= 0.3 is 0 Å². The van der Waals surface area contributed by atoms with Crippen molar-refractivity contribution in [3.05, 3.63) is 53.8 Å². The fraction of sp³-hybridized carbons (Fsp3) is 0.133. The highest BCUT2D eigenvalue weighted by molar-refractivity contribution is 5.77. The van der Waals surface area contributed by atoms with Gasteiger partial charge in [-0.2, -0.15) is 0 Å². The summed E-state index contributed by atoms with van der Waals surface area (Å²) in [5.41, 5.74) is 1.45. The number of hydrogen-bond donors (Lipinski definition) is 0. The van der Waals surface area contributed by atoms with Crippen molar-refractivity contribution in [3.63, 3.8) is 0 Å². The first-order chi connectivity index (χ1) is 9.17. The number of hydrogen-bond acceptors (Lipinski definition) is 3. The SMILES string of the molecule is COc1ccccc1N(C)c1ccc(C=O)cc1F. The van der Waals surface area contributed by atoms with Gasteiger partial charge in [-0.3, -0.25) is 4.79 Å². The summed E-state index contributed by atoms with van der Waals surface area (Å²) in [7, 11) is 3.31. The van der Waals surface area contributed by atoms with Crippen molar-refractivity contribution in [2.24, 2.45) is 0 Å². The Morgan fingerprint density at radius 1 is 1.16 bits per heavy atom. The monoisotopic (exact) mass is 259 g/mol. The summed E-state index contributed by atoms with van der Waals surface area (Å²) in [6.07, 6.45) is 0.621. The molecule has 0 unspecified atom stereocenters. The third kappa shape index (κ3) is 2.57.